The van der Waals surface area contributed by atoms with Gasteiger partial charge in [-0.1, -0.05) is 42.5 Å². The molecule has 0 unspecified atom stereocenters. The average molecular weight is 208 g/mol. The maximum absolute atomic E-state index is 11.9. The molecule has 0 atom stereocenters. The summed E-state index contributed by atoms with van der Waals surface area (Å²) in [6.07, 6.45) is 9.76. The van der Waals surface area contributed by atoms with Gasteiger partial charge in [-0.3, -0.25) is 4.79 Å². The zero-order chi connectivity index (χ0) is 11.0. The molecule has 0 spiro atoms. The van der Waals surface area contributed by atoms with Crippen molar-refractivity contribution in [1.29, 1.82) is 0 Å². The first-order valence-electron chi connectivity index (χ1n) is 5.53. The first-order chi connectivity index (χ1) is 7.84. The Kier molecular flexibility index (Phi) is 2.10. The normalized spacial score (nSPS) is 20.4. The monoisotopic (exact) mass is 208 g/mol. The lowest BCUT2D eigenvalue weighted by molar-refractivity contribution is -0.112. The molecule has 3 rings (SSSR count). The lowest BCUT2D eigenvalue weighted by Crippen LogP contribution is -1.94. The van der Waals surface area contributed by atoms with E-state index in [4.69, 9.17) is 0 Å². The maximum atomic E-state index is 11.9. The topological polar surface area (TPSA) is 17.1 Å². The molecule has 2 aliphatic rings. The number of ketones is 1. The van der Waals surface area contributed by atoms with Crippen LogP contribution in [0.25, 0.3) is 5.57 Å². The predicted molar refractivity (Wildman–Crippen MR) is 65.0 cm³/mol. The molecule has 1 aromatic rings. The van der Waals surface area contributed by atoms with Gasteiger partial charge in [0.05, 0.1) is 0 Å². The summed E-state index contributed by atoms with van der Waals surface area (Å²) in [6.45, 7) is 0. The van der Waals surface area contributed by atoms with Crippen molar-refractivity contribution >= 4 is 11.4 Å². The van der Waals surface area contributed by atoms with Crippen molar-refractivity contribution in [3.8, 4) is 0 Å². The van der Waals surface area contributed by atoms with E-state index in [0.717, 1.165) is 23.1 Å². The average Bonchev–Trinajstić information content (AvgIpc) is 2.89. The molecule has 0 radical (unpaired) electrons. The summed E-state index contributed by atoms with van der Waals surface area (Å²) >= 11 is 0. The van der Waals surface area contributed by atoms with Crippen LogP contribution in [0, 0.1) is 0 Å². The van der Waals surface area contributed by atoms with Crippen molar-refractivity contribution < 1.29 is 4.79 Å². The number of allylic oxidation sites excluding steroid dienone is 6. The molecule has 0 N–H and O–H groups in total. The van der Waals surface area contributed by atoms with Crippen molar-refractivity contribution in [3.05, 3.63) is 65.3 Å². The smallest absolute Gasteiger partial charge is 0.167 e. The summed E-state index contributed by atoms with van der Waals surface area (Å²) in [6, 6.07) is 8.06. The van der Waals surface area contributed by atoms with Gasteiger partial charge in [-0.15, -0.1) is 0 Å². The van der Waals surface area contributed by atoms with Crippen molar-refractivity contribution in [3.63, 3.8) is 0 Å². The van der Waals surface area contributed by atoms with E-state index in [9.17, 15) is 4.79 Å². The highest BCUT2D eigenvalue weighted by atomic mass is 16.1. The van der Waals surface area contributed by atoms with Gasteiger partial charge in [-0.25, -0.2) is 0 Å². The van der Waals surface area contributed by atoms with E-state index in [0.29, 0.717) is 6.42 Å². The van der Waals surface area contributed by atoms with Crippen LogP contribution in [-0.2, 0) is 11.2 Å². The van der Waals surface area contributed by atoms with Gasteiger partial charge in [0.2, 0.25) is 0 Å². The van der Waals surface area contributed by atoms with E-state index < -0.39 is 0 Å². The Hall–Kier alpha value is -1.89. The molecule has 16 heavy (non-hydrogen) atoms. The van der Waals surface area contributed by atoms with Crippen LogP contribution < -0.4 is 0 Å². The Morgan fingerprint density at radius 3 is 2.88 bits per heavy atom. The number of Topliss-reactive ketones (excluding diaryl/α,β-unsaturated/α-hetero) is 1. The van der Waals surface area contributed by atoms with Gasteiger partial charge in [0.25, 0.3) is 0 Å². The highest BCUT2D eigenvalue weighted by Gasteiger charge is 2.23. The molecular formula is C15H12O. The minimum absolute atomic E-state index is 0.244. The molecule has 1 nitrogen and oxygen atoms in total. The summed E-state index contributed by atoms with van der Waals surface area (Å²) in [4.78, 5) is 11.9. The van der Waals surface area contributed by atoms with Crippen LogP contribution in [0.2, 0.25) is 0 Å². The largest absolute Gasteiger partial charge is 0.294 e. The van der Waals surface area contributed by atoms with Gasteiger partial charge >= 0.3 is 0 Å². The lowest BCUT2D eigenvalue weighted by Gasteiger charge is -1.99. The molecule has 0 saturated carbocycles. The molecule has 0 bridgehead atoms. The van der Waals surface area contributed by atoms with E-state index in [2.05, 4.69) is 12.2 Å². The van der Waals surface area contributed by atoms with Crippen LogP contribution in [0.4, 0.5) is 0 Å². The molecule has 0 saturated heterocycles. The minimum Gasteiger partial charge on any atom is -0.294 e. The van der Waals surface area contributed by atoms with Gasteiger partial charge in [0, 0.05) is 12.0 Å². The molecule has 2 aliphatic carbocycles. The van der Waals surface area contributed by atoms with Gasteiger partial charge in [0.15, 0.2) is 5.78 Å². The quantitative estimate of drug-likeness (QED) is 0.648. The van der Waals surface area contributed by atoms with E-state index in [1.807, 2.05) is 36.4 Å². The van der Waals surface area contributed by atoms with Gasteiger partial charge in [0.1, 0.15) is 0 Å². The molecule has 0 aromatic heterocycles. The van der Waals surface area contributed by atoms with Crippen molar-refractivity contribution in [1.82, 2.24) is 0 Å². The highest BCUT2D eigenvalue weighted by Crippen LogP contribution is 2.31. The summed E-state index contributed by atoms with van der Waals surface area (Å²) in [5.74, 6) is 0.244. The van der Waals surface area contributed by atoms with Crippen LogP contribution in [0.1, 0.15) is 17.5 Å². The second-order valence-corrected chi connectivity index (χ2v) is 4.19. The Morgan fingerprint density at radius 1 is 1.19 bits per heavy atom. The predicted octanol–water partition coefficient (Wildman–Crippen LogP) is 3.08. The Morgan fingerprint density at radius 2 is 2.06 bits per heavy atom. The summed E-state index contributed by atoms with van der Waals surface area (Å²) < 4.78 is 0. The second-order valence-electron chi connectivity index (χ2n) is 4.19. The van der Waals surface area contributed by atoms with Crippen LogP contribution >= 0.6 is 0 Å². The number of carbonyl (C=O) groups excluding carboxylic acids is 1. The number of hydrogen-bond donors (Lipinski definition) is 0. The fraction of sp³-hybridized carbons (Fsp3) is 0.133. The minimum atomic E-state index is 0.244. The van der Waals surface area contributed by atoms with E-state index in [1.54, 1.807) is 0 Å². The Labute approximate surface area is 94.8 Å². The molecule has 1 aromatic carbocycles. The molecule has 78 valence electrons. The van der Waals surface area contributed by atoms with Gasteiger partial charge in [-0.05, 0) is 29.2 Å². The van der Waals surface area contributed by atoms with E-state index in [1.165, 1.54) is 5.57 Å². The van der Waals surface area contributed by atoms with E-state index >= 15 is 0 Å². The highest BCUT2D eigenvalue weighted by molar-refractivity contribution is 6.25. The summed E-state index contributed by atoms with van der Waals surface area (Å²) in [7, 11) is 0. The Bertz CT molecular complexity index is 544. The lowest BCUT2D eigenvalue weighted by atomic mass is 10.0. The van der Waals surface area contributed by atoms with Crippen LogP contribution in [0.5, 0.6) is 0 Å². The first kappa shape index (κ1) is 9.34. The summed E-state index contributed by atoms with van der Waals surface area (Å²) in [5.41, 5.74) is 4.37. The number of benzene rings is 1. The standard InChI is InChI=1S/C15H12O/c16-15-10-12-7-3-4-8-13(12)14(15)9-11-5-1-2-6-11/h1-5,7-9H,6,10H2/b14-9-. The van der Waals surface area contributed by atoms with Crippen molar-refractivity contribution in [2.24, 2.45) is 0 Å². The fourth-order valence-electron chi connectivity index (χ4n) is 2.27. The third-order valence-electron chi connectivity index (χ3n) is 3.09. The molecule has 1 heteroatoms. The molecule has 0 fully saturated rings. The molecule has 0 amide bonds. The maximum Gasteiger partial charge on any atom is 0.167 e. The Balaban J connectivity index is 2.05. The van der Waals surface area contributed by atoms with Gasteiger partial charge in [-0.2, -0.15) is 0 Å². The molecule has 0 heterocycles. The SMILES string of the molecule is O=C1Cc2ccccc2/C1=C/C1=CC=CC1. The zero-order valence-corrected chi connectivity index (χ0v) is 8.94. The van der Waals surface area contributed by atoms with Crippen molar-refractivity contribution in [2.75, 3.05) is 0 Å². The van der Waals surface area contributed by atoms with Crippen molar-refractivity contribution in [2.45, 2.75) is 12.8 Å². The third kappa shape index (κ3) is 1.45. The van der Waals surface area contributed by atoms with Gasteiger partial charge < -0.3 is 0 Å². The first-order valence-corrected chi connectivity index (χ1v) is 5.53. The van der Waals surface area contributed by atoms with Crippen LogP contribution in [0.3, 0.4) is 0 Å². The zero-order valence-electron chi connectivity index (χ0n) is 8.94. The number of carbonyl (C=O) groups is 1. The molecule has 0 aliphatic heterocycles. The van der Waals surface area contributed by atoms with E-state index in [-0.39, 0.29) is 5.78 Å². The number of rotatable bonds is 1. The number of fused-ring (bicyclic) bond motifs is 1. The third-order valence-corrected chi connectivity index (χ3v) is 3.09. The molecular weight excluding hydrogens is 196 g/mol. The van der Waals surface area contributed by atoms with Crippen LogP contribution in [0.15, 0.2) is 54.1 Å². The second kappa shape index (κ2) is 3.60. The summed E-state index contributed by atoms with van der Waals surface area (Å²) in [5, 5.41) is 0. The fourth-order valence-corrected chi connectivity index (χ4v) is 2.27. The number of hydrogen-bond acceptors (Lipinski definition) is 1. The van der Waals surface area contributed by atoms with Crippen LogP contribution in [-0.4, -0.2) is 5.78 Å².